The summed E-state index contributed by atoms with van der Waals surface area (Å²) < 4.78 is 5.87. The van der Waals surface area contributed by atoms with Gasteiger partial charge in [-0.25, -0.2) is 4.79 Å². The van der Waals surface area contributed by atoms with Gasteiger partial charge < -0.3 is 25.8 Å². The van der Waals surface area contributed by atoms with Crippen molar-refractivity contribution in [2.24, 2.45) is 0 Å². The highest BCUT2D eigenvalue weighted by Crippen LogP contribution is 2.23. The van der Waals surface area contributed by atoms with Crippen LogP contribution in [-0.2, 0) is 6.42 Å². The molecule has 0 fully saturated rings. The van der Waals surface area contributed by atoms with Crippen molar-refractivity contribution in [3.05, 3.63) is 89.2 Å². The summed E-state index contributed by atoms with van der Waals surface area (Å²) in [5.74, 6) is 0.554. The van der Waals surface area contributed by atoms with E-state index in [9.17, 15) is 14.4 Å². The van der Waals surface area contributed by atoms with Crippen molar-refractivity contribution < 1.29 is 24.2 Å². The number of amides is 3. The zero-order valence-corrected chi connectivity index (χ0v) is 19.6. The minimum absolute atomic E-state index is 0.0607. The summed E-state index contributed by atoms with van der Waals surface area (Å²) in [6.45, 7) is 2.59. The molecule has 0 aliphatic rings. The number of ether oxygens (including phenoxy) is 1. The molecule has 0 bridgehead atoms. The summed E-state index contributed by atoms with van der Waals surface area (Å²) in [4.78, 5) is 39.1. The first-order valence-corrected chi connectivity index (χ1v) is 11.2. The molecule has 2 aromatic carbocycles. The predicted octanol–water partition coefficient (Wildman–Crippen LogP) is 3.58. The number of hydrogen-bond acceptors (Lipinski definition) is 5. The van der Waals surface area contributed by atoms with Gasteiger partial charge in [-0.2, -0.15) is 0 Å². The molecule has 1 unspecified atom stereocenters. The summed E-state index contributed by atoms with van der Waals surface area (Å²) in [6, 6.07) is 17.9. The Morgan fingerprint density at radius 3 is 2.51 bits per heavy atom. The maximum atomic E-state index is 12.6. The number of aromatic nitrogens is 1. The smallest absolute Gasteiger partial charge is 0.404 e. The second kappa shape index (κ2) is 12.2. The minimum Gasteiger partial charge on any atom is -0.465 e. The summed E-state index contributed by atoms with van der Waals surface area (Å²) in [6.07, 6.45) is 1.04. The van der Waals surface area contributed by atoms with Crippen LogP contribution in [0.15, 0.2) is 66.9 Å². The molecular weight excluding hydrogens is 448 g/mol. The van der Waals surface area contributed by atoms with Crippen LogP contribution in [0, 0.1) is 0 Å². The predicted molar refractivity (Wildman–Crippen MR) is 131 cm³/mol. The SMILES string of the molecule is CNC(=O)c1cc(Oc2cccc(CCNC(=O)c3cccc(C(C)CNC(=O)O)c3)c2)ccn1. The quantitative estimate of drug-likeness (QED) is 0.354. The van der Waals surface area contributed by atoms with Crippen molar-refractivity contribution in [3.63, 3.8) is 0 Å². The van der Waals surface area contributed by atoms with Gasteiger partial charge in [0.25, 0.3) is 11.8 Å². The minimum atomic E-state index is -1.07. The average Bonchev–Trinajstić information content (AvgIpc) is 2.87. The highest BCUT2D eigenvalue weighted by Gasteiger charge is 2.11. The number of carbonyl (C=O) groups is 3. The summed E-state index contributed by atoms with van der Waals surface area (Å²) in [7, 11) is 1.54. The lowest BCUT2D eigenvalue weighted by Crippen LogP contribution is -2.27. The molecule has 182 valence electrons. The van der Waals surface area contributed by atoms with Gasteiger partial charge in [-0.05, 0) is 53.8 Å². The summed E-state index contributed by atoms with van der Waals surface area (Å²) >= 11 is 0. The van der Waals surface area contributed by atoms with Gasteiger partial charge in [0, 0.05) is 38.0 Å². The van der Waals surface area contributed by atoms with E-state index in [1.165, 1.54) is 13.2 Å². The zero-order chi connectivity index (χ0) is 25.2. The van der Waals surface area contributed by atoms with E-state index in [0.717, 1.165) is 11.1 Å². The van der Waals surface area contributed by atoms with E-state index in [1.54, 1.807) is 30.3 Å². The summed E-state index contributed by atoms with van der Waals surface area (Å²) in [5, 5.41) is 16.6. The van der Waals surface area contributed by atoms with Gasteiger partial charge in [0.15, 0.2) is 0 Å². The lowest BCUT2D eigenvalue weighted by atomic mass is 9.99. The number of hydrogen-bond donors (Lipinski definition) is 4. The van der Waals surface area contributed by atoms with Crippen LogP contribution in [0.2, 0.25) is 0 Å². The fourth-order valence-corrected chi connectivity index (χ4v) is 3.39. The van der Waals surface area contributed by atoms with Crippen molar-refractivity contribution in [1.82, 2.24) is 20.9 Å². The molecule has 0 radical (unpaired) electrons. The number of carbonyl (C=O) groups excluding carboxylic acids is 2. The Kier molecular flexibility index (Phi) is 8.77. The van der Waals surface area contributed by atoms with Gasteiger partial charge in [0.1, 0.15) is 17.2 Å². The Labute approximate surface area is 203 Å². The van der Waals surface area contributed by atoms with E-state index in [4.69, 9.17) is 9.84 Å². The first kappa shape index (κ1) is 25.2. The van der Waals surface area contributed by atoms with Crippen molar-refractivity contribution in [2.45, 2.75) is 19.3 Å². The number of nitrogens with one attached hydrogen (secondary N) is 3. The van der Waals surface area contributed by atoms with Crippen LogP contribution in [0.3, 0.4) is 0 Å². The average molecular weight is 477 g/mol. The molecule has 4 N–H and O–H groups in total. The zero-order valence-electron chi connectivity index (χ0n) is 19.6. The van der Waals surface area contributed by atoms with Crippen LogP contribution >= 0.6 is 0 Å². The second-order valence-corrected chi connectivity index (χ2v) is 7.92. The molecule has 1 heterocycles. The van der Waals surface area contributed by atoms with Gasteiger partial charge in [0.2, 0.25) is 0 Å². The first-order chi connectivity index (χ1) is 16.9. The lowest BCUT2D eigenvalue weighted by molar-refractivity contribution is 0.0947. The Morgan fingerprint density at radius 2 is 1.74 bits per heavy atom. The largest absolute Gasteiger partial charge is 0.465 e. The van der Waals surface area contributed by atoms with Crippen molar-refractivity contribution in [1.29, 1.82) is 0 Å². The third-order valence-corrected chi connectivity index (χ3v) is 5.30. The van der Waals surface area contributed by atoms with Crippen LogP contribution in [0.1, 0.15) is 44.8 Å². The van der Waals surface area contributed by atoms with Crippen LogP contribution in [0.5, 0.6) is 11.5 Å². The van der Waals surface area contributed by atoms with Gasteiger partial charge in [-0.1, -0.05) is 31.2 Å². The molecule has 3 amide bonds. The van der Waals surface area contributed by atoms with E-state index >= 15 is 0 Å². The first-order valence-electron chi connectivity index (χ1n) is 11.2. The van der Waals surface area contributed by atoms with E-state index in [1.807, 2.05) is 37.3 Å². The molecule has 35 heavy (non-hydrogen) atoms. The van der Waals surface area contributed by atoms with Crippen LogP contribution in [0.4, 0.5) is 4.79 Å². The maximum absolute atomic E-state index is 12.6. The fourth-order valence-electron chi connectivity index (χ4n) is 3.39. The molecule has 1 aromatic heterocycles. The number of rotatable bonds is 10. The Morgan fingerprint density at radius 1 is 0.971 bits per heavy atom. The molecule has 0 spiro atoms. The van der Waals surface area contributed by atoms with Gasteiger partial charge in [-0.3, -0.25) is 14.6 Å². The van der Waals surface area contributed by atoms with Gasteiger partial charge >= 0.3 is 6.09 Å². The Hall–Kier alpha value is -4.40. The van der Waals surface area contributed by atoms with E-state index in [0.29, 0.717) is 30.0 Å². The lowest BCUT2D eigenvalue weighted by Gasteiger charge is -2.13. The highest BCUT2D eigenvalue weighted by molar-refractivity contribution is 5.94. The number of nitrogens with zero attached hydrogens (tertiary/aromatic N) is 1. The van der Waals surface area contributed by atoms with E-state index in [2.05, 4.69) is 20.9 Å². The number of carboxylic acid groups (broad SMARTS) is 1. The van der Waals surface area contributed by atoms with E-state index in [-0.39, 0.29) is 30.0 Å². The van der Waals surface area contributed by atoms with Crippen molar-refractivity contribution in [2.75, 3.05) is 20.1 Å². The third kappa shape index (κ3) is 7.56. The molecule has 0 aliphatic carbocycles. The van der Waals surface area contributed by atoms with Crippen molar-refractivity contribution in [3.8, 4) is 11.5 Å². The fraction of sp³-hybridized carbons (Fsp3) is 0.231. The van der Waals surface area contributed by atoms with Crippen LogP contribution in [0.25, 0.3) is 0 Å². The molecule has 0 aliphatic heterocycles. The van der Waals surface area contributed by atoms with Gasteiger partial charge in [-0.15, -0.1) is 0 Å². The maximum Gasteiger partial charge on any atom is 0.404 e. The molecular formula is C26H28N4O5. The molecule has 1 atom stereocenters. The van der Waals surface area contributed by atoms with Crippen molar-refractivity contribution >= 4 is 17.9 Å². The summed E-state index contributed by atoms with van der Waals surface area (Å²) in [5.41, 5.74) is 2.64. The second-order valence-electron chi connectivity index (χ2n) is 7.92. The monoisotopic (exact) mass is 476 g/mol. The highest BCUT2D eigenvalue weighted by atomic mass is 16.5. The number of pyridine rings is 1. The molecule has 3 aromatic rings. The molecule has 9 nitrogen and oxygen atoms in total. The molecule has 9 heteroatoms. The van der Waals surface area contributed by atoms with Gasteiger partial charge in [0.05, 0.1) is 0 Å². The topological polar surface area (TPSA) is 130 Å². The normalized spacial score (nSPS) is 11.3. The Balaban J connectivity index is 1.55. The Bertz CT molecular complexity index is 1200. The molecule has 3 rings (SSSR count). The number of benzene rings is 2. The van der Waals surface area contributed by atoms with Crippen LogP contribution < -0.4 is 20.7 Å². The molecule has 0 saturated carbocycles. The van der Waals surface area contributed by atoms with E-state index < -0.39 is 6.09 Å². The molecule has 0 saturated heterocycles. The standard InChI is InChI=1S/C26H28N4O5/c1-17(16-30-26(33)34)19-6-4-7-20(14-19)24(31)29-11-9-18-5-3-8-21(13-18)35-22-10-12-28-23(15-22)25(32)27-2/h3-8,10,12-15,17,30H,9,11,16H2,1-2H3,(H,27,32)(H,29,31)(H,33,34). The van der Waals surface area contributed by atoms with Crippen LogP contribution in [-0.4, -0.2) is 48.1 Å². The third-order valence-electron chi connectivity index (χ3n) is 5.30.